The SMILES string of the molecule is CNC(c1cccc(I)c1)c1cc(Br)c(C)s1. The second-order valence-electron chi connectivity index (χ2n) is 3.83. The highest BCUT2D eigenvalue weighted by atomic mass is 127. The smallest absolute Gasteiger partial charge is 0.0669 e. The molecular weight excluding hydrogens is 409 g/mol. The molecule has 0 amide bonds. The van der Waals surface area contributed by atoms with Gasteiger partial charge in [0, 0.05) is 17.8 Å². The lowest BCUT2D eigenvalue weighted by Gasteiger charge is -2.15. The average Bonchev–Trinajstić information content (AvgIpc) is 2.60. The molecule has 0 saturated heterocycles. The van der Waals surface area contributed by atoms with Gasteiger partial charge in [0.25, 0.3) is 0 Å². The number of thiophene rings is 1. The van der Waals surface area contributed by atoms with Crippen molar-refractivity contribution in [2.45, 2.75) is 13.0 Å². The molecule has 90 valence electrons. The average molecular weight is 422 g/mol. The van der Waals surface area contributed by atoms with Crippen molar-refractivity contribution in [3.05, 3.63) is 53.7 Å². The maximum atomic E-state index is 3.58. The van der Waals surface area contributed by atoms with Gasteiger partial charge in [-0.2, -0.15) is 0 Å². The van der Waals surface area contributed by atoms with Crippen LogP contribution in [-0.2, 0) is 0 Å². The largest absolute Gasteiger partial charge is 0.309 e. The van der Waals surface area contributed by atoms with Crippen LogP contribution in [0.1, 0.15) is 21.4 Å². The molecule has 0 spiro atoms. The molecule has 1 aromatic heterocycles. The number of rotatable bonds is 3. The molecule has 1 unspecified atom stereocenters. The van der Waals surface area contributed by atoms with Crippen LogP contribution in [0, 0.1) is 10.5 Å². The van der Waals surface area contributed by atoms with Crippen molar-refractivity contribution in [1.82, 2.24) is 5.32 Å². The van der Waals surface area contributed by atoms with E-state index in [4.69, 9.17) is 0 Å². The van der Waals surface area contributed by atoms with Gasteiger partial charge in [0.1, 0.15) is 0 Å². The minimum absolute atomic E-state index is 0.278. The molecule has 17 heavy (non-hydrogen) atoms. The van der Waals surface area contributed by atoms with Crippen LogP contribution < -0.4 is 5.32 Å². The van der Waals surface area contributed by atoms with E-state index in [9.17, 15) is 0 Å². The summed E-state index contributed by atoms with van der Waals surface area (Å²) in [4.78, 5) is 2.67. The van der Waals surface area contributed by atoms with Crippen LogP contribution in [0.5, 0.6) is 0 Å². The highest BCUT2D eigenvalue weighted by Gasteiger charge is 2.15. The van der Waals surface area contributed by atoms with Crippen molar-refractivity contribution in [3.63, 3.8) is 0 Å². The van der Waals surface area contributed by atoms with E-state index in [0.29, 0.717) is 0 Å². The van der Waals surface area contributed by atoms with Gasteiger partial charge < -0.3 is 5.32 Å². The summed E-state index contributed by atoms with van der Waals surface area (Å²) in [7, 11) is 2.01. The van der Waals surface area contributed by atoms with Gasteiger partial charge in [-0.25, -0.2) is 0 Å². The maximum absolute atomic E-state index is 3.58. The van der Waals surface area contributed by atoms with Crippen molar-refractivity contribution in [2.75, 3.05) is 7.05 Å². The predicted molar refractivity (Wildman–Crippen MR) is 86.8 cm³/mol. The van der Waals surface area contributed by atoms with Crippen LogP contribution in [0.3, 0.4) is 0 Å². The molecule has 0 aliphatic carbocycles. The van der Waals surface area contributed by atoms with Crippen molar-refractivity contribution in [2.24, 2.45) is 0 Å². The molecule has 0 bridgehead atoms. The van der Waals surface area contributed by atoms with E-state index in [1.807, 2.05) is 18.4 Å². The number of halogens is 2. The fraction of sp³-hybridized carbons (Fsp3) is 0.231. The predicted octanol–water partition coefficient (Wildman–Crippen LogP) is 4.73. The van der Waals surface area contributed by atoms with E-state index in [2.05, 4.69) is 81.1 Å². The third-order valence-corrected chi connectivity index (χ3v) is 5.50. The number of hydrogen-bond acceptors (Lipinski definition) is 2. The van der Waals surface area contributed by atoms with Crippen LogP contribution in [0.2, 0.25) is 0 Å². The Morgan fingerprint density at radius 3 is 2.65 bits per heavy atom. The molecule has 0 fully saturated rings. The van der Waals surface area contributed by atoms with Gasteiger partial charge >= 0.3 is 0 Å². The first-order valence-electron chi connectivity index (χ1n) is 5.30. The Bertz CT molecular complexity index is 504. The van der Waals surface area contributed by atoms with E-state index in [0.717, 1.165) is 0 Å². The summed E-state index contributed by atoms with van der Waals surface area (Å²) in [5.41, 5.74) is 1.31. The molecule has 0 aliphatic heterocycles. The fourth-order valence-corrected chi connectivity index (χ4v) is 4.05. The number of benzene rings is 1. The molecule has 0 radical (unpaired) electrons. The lowest BCUT2D eigenvalue weighted by atomic mass is 10.1. The number of hydrogen-bond donors (Lipinski definition) is 1. The maximum Gasteiger partial charge on any atom is 0.0669 e. The summed E-state index contributed by atoms with van der Waals surface area (Å²) in [6.07, 6.45) is 0. The third-order valence-electron chi connectivity index (χ3n) is 2.63. The van der Waals surface area contributed by atoms with E-state index < -0.39 is 0 Å². The summed E-state index contributed by atoms with van der Waals surface area (Å²) in [6.45, 7) is 2.14. The molecule has 1 N–H and O–H groups in total. The van der Waals surface area contributed by atoms with Crippen molar-refractivity contribution in [3.8, 4) is 0 Å². The Labute approximate surface area is 128 Å². The van der Waals surface area contributed by atoms with Crippen LogP contribution >= 0.6 is 49.9 Å². The minimum atomic E-state index is 0.278. The number of nitrogens with one attached hydrogen (secondary N) is 1. The molecule has 1 heterocycles. The zero-order valence-corrected chi connectivity index (χ0v) is 14.2. The van der Waals surface area contributed by atoms with E-state index in [1.54, 1.807) is 0 Å². The molecule has 2 rings (SSSR count). The zero-order valence-electron chi connectivity index (χ0n) is 9.63. The molecule has 1 nitrogen and oxygen atoms in total. The summed E-state index contributed by atoms with van der Waals surface area (Å²) in [5.74, 6) is 0. The molecule has 0 saturated carbocycles. The summed E-state index contributed by atoms with van der Waals surface area (Å²) < 4.78 is 2.47. The van der Waals surface area contributed by atoms with Crippen LogP contribution in [-0.4, -0.2) is 7.05 Å². The highest BCUT2D eigenvalue weighted by molar-refractivity contribution is 14.1. The first-order valence-corrected chi connectivity index (χ1v) is 7.99. The third kappa shape index (κ3) is 3.10. The Hall–Kier alpha value is 0.0900. The molecule has 0 aliphatic rings. The normalized spacial score (nSPS) is 12.7. The highest BCUT2D eigenvalue weighted by Crippen LogP contribution is 2.33. The lowest BCUT2D eigenvalue weighted by Crippen LogP contribution is -2.16. The van der Waals surface area contributed by atoms with Crippen molar-refractivity contribution >= 4 is 49.9 Å². The van der Waals surface area contributed by atoms with Gasteiger partial charge in [0.05, 0.1) is 6.04 Å². The molecule has 1 aromatic carbocycles. The minimum Gasteiger partial charge on any atom is -0.309 e. The van der Waals surface area contributed by atoms with Gasteiger partial charge in [0.2, 0.25) is 0 Å². The second kappa shape index (κ2) is 5.82. The summed E-state index contributed by atoms with van der Waals surface area (Å²) in [6, 6.07) is 11.1. The van der Waals surface area contributed by atoms with Gasteiger partial charge in [-0.3, -0.25) is 0 Å². The van der Waals surface area contributed by atoms with E-state index in [-0.39, 0.29) is 6.04 Å². The first-order chi connectivity index (χ1) is 8.11. The van der Waals surface area contributed by atoms with Crippen LogP contribution in [0.25, 0.3) is 0 Å². The van der Waals surface area contributed by atoms with Gasteiger partial charge in [0.15, 0.2) is 0 Å². The van der Waals surface area contributed by atoms with Crippen LogP contribution in [0.4, 0.5) is 0 Å². The first kappa shape index (κ1) is 13.5. The Morgan fingerprint density at radius 1 is 1.35 bits per heavy atom. The van der Waals surface area contributed by atoms with E-state index >= 15 is 0 Å². The Kier molecular flexibility index (Phi) is 4.63. The van der Waals surface area contributed by atoms with Crippen molar-refractivity contribution in [1.29, 1.82) is 0 Å². The quantitative estimate of drug-likeness (QED) is 0.706. The van der Waals surface area contributed by atoms with Gasteiger partial charge in [-0.15, -0.1) is 11.3 Å². The topological polar surface area (TPSA) is 12.0 Å². The molecular formula is C13H13BrINS. The standard InChI is InChI=1S/C13H13BrINS/c1-8-11(14)7-12(17-8)13(16-2)9-4-3-5-10(15)6-9/h3-7,13,16H,1-2H3. The Morgan fingerprint density at radius 2 is 2.12 bits per heavy atom. The second-order valence-corrected chi connectivity index (χ2v) is 7.22. The van der Waals surface area contributed by atoms with Gasteiger partial charge in [-0.1, -0.05) is 12.1 Å². The summed E-state index contributed by atoms with van der Waals surface area (Å²) >= 11 is 7.77. The summed E-state index contributed by atoms with van der Waals surface area (Å²) in [5, 5.41) is 3.39. The fourth-order valence-electron chi connectivity index (χ4n) is 1.78. The lowest BCUT2D eigenvalue weighted by molar-refractivity contribution is 0.703. The van der Waals surface area contributed by atoms with Crippen molar-refractivity contribution < 1.29 is 0 Å². The molecule has 2 aromatic rings. The molecule has 1 atom stereocenters. The van der Waals surface area contributed by atoms with E-state index in [1.165, 1.54) is 23.4 Å². The number of aryl methyl sites for hydroxylation is 1. The monoisotopic (exact) mass is 421 g/mol. The molecule has 4 heteroatoms. The Balaban J connectivity index is 2.39. The zero-order chi connectivity index (χ0) is 12.4. The van der Waals surface area contributed by atoms with Gasteiger partial charge in [-0.05, 0) is 76.3 Å². The van der Waals surface area contributed by atoms with Crippen LogP contribution in [0.15, 0.2) is 34.8 Å².